The Morgan fingerprint density at radius 1 is 1.06 bits per heavy atom. The van der Waals surface area contributed by atoms with Gasteiger partial charge in [-0.1, -0.05) is 6.07 Å². The smallest absolute Gasteiger partial charge is 0.490 e. The van der Waals surface area contributed by atoms with Gasteiger partial charge in [0.25, 0.3) is 11.6 Å². The van der Waals surface area contributed by atoms with E-state index < -0.39 is 23.4 Å². The van der Waals surface area contributed by atoms with Gasteiger partial charge in [0.05, 0.1) is 13.2 Å². The molecule has 0 aliphatic rings. The standard InChI is InChI=1S/C18H19F3N4O6/c1-23-13-14(24(2)17(28)25(6-7-26)15(13)27)22-16(23)30-9-8-29-11-4-3-5-12(10-11)31-18(19,20)21/h3-5,10,26H,6-9H2,1-2H3. The average molecular weight is 444 g/mol. The van der Waals surface area contributed by atoms with Gasteiger partial charge < -0.3 is 19.3 Å². The predicted molar refractivity (Wildman–Crippen MR) is 101 cm³/mol. The summed E-state index contributed by atoms with van der Waals surface area (Å²) in [6, 6.07) is 5.08. The number of imidazole rings is 1. The Morgan fingerprint density at radius 2 is 1.74 bits per heavy atom. The minimum absolute atomic E-state index is 0.0354. The van der Waals surface area contributed by atoms with Crippen LogP contribution < -0.4 is 25.5 Å². The molecule has 0 radical (unpaired) electrons. The topological polar surface area (TPSA) is 110 Å². The van der Waals surface area contributed by atoms with Crippen LogP contribution in [-0.4, -0.2) is 50.0 Å². The third kappa shape index (κ3) is 4.82. The molecule has 13 heteroatoms. The van der Waals surface area contributed by atoms with Crippen molar-refractivity contribution < 1.29 is 32.5 Å². The fraction of sp³-hybridized carbons (Fsp3) is 0.389. The highest BCUT2D eigenvalue weighted by Gasteiger charge is 2.31. The van der Waals surface area contributed by atoms with Gasteiger partial charge in [-0.25, -0.2) is 4.79 Å². The molecule has 0 amide bonds. The maximum atomic E-state index is 12.6. The van der Waals surface area contributed by atoms with Gasteiger partial charge in [-0.05, 0) is 12.1 Å². The highest BCUT2D eigenvalue weighted by Crippen LogP contribution is 2.26. The van der Waals surface area contributed by atoms with Crippen LogP contribution >= 0.6 is 0 Å². The lowest BCUT2D eigenvalue weighted by Crippen LogP contribution is -2.40. The van der Waals surface area contributed by atoms with Crippen molar-refractivity contribution in [1.82, 2.24) is 18.7 Å². The van der Waals surface area contributed by atoms with E-state index in [1.807, 2.05) is 0 Å². The van der Waals surface area contributed by atoms with Crippen molar-refractivity contribution in [2.24, 2.45) is 14.1 Å². The van der Waals surface area contributed by atoms with Crippen LogP contribution in [-0.2, 0) is 20.6 Å². The van der Waals surface area contributed by atoms with E-state index in [-0.39, 0.29) is 49.3 Å². The highest BCUT2D eigenvalue weighted by atomic mass is 19.4. The second kappa shape index (κ2) is 8.71. The summed E-state index contributed by atoms with van der Waals surface area (Å²) in [6.45, 7) is -0.616. The molecular weight excluding hydrogens is 425 g/mol. The van der Waals surface area contributed by atoms with Gasteiger partial charge in [-0.15, -0.1) is 13.2 Å². The first kappa shape index (κ1) is 22.2. The number of rotatable bonds is 8. The SMILES string of the molecule is Cn1c(OCCOc2cccc(OC(F)(F)F)c2)nc2c1c(=O)n(CCO)c(=O)n2C. The van der Waals surface area contributed by atoms with Crippen LogP contribution in [0.5, 0.6) is 17.5 Å². The first-order chi connectivity index (χ1) is 14.6. The summed E-state index contributed by atoms with van der Waals surface area (Å²) in [5, 5.41) is 9.08. The normalized spacial score (nSPS) is 11.7. The summed E-state index contributed by atoms with van der Waals surface area (Å²) < 4.78 is 55.0. The molecule has 2 heterocycles. The van der Waals surface area contributed by atoms with Crippen LogP contribution in [0.1, 0.15) is 0 Å². The van der Waals surface area contributed by atoms with Crippen molar-refractivity contribution in [2.75, 3.05) is 19.8 Å². The highest BCUT2D eigenvalue weighted by molar-refractivity contribution is 5.71. The molecule has 1 aromatic carbocycles. The number of ether oxygens (including phenoxy) is 3. The molecule has 2 aromatic heterocycles. The van der Waals surface area contributed by atoms with Crippen molar-refractivity contribution >= 4 is 11.2 Å². The van der Waals surface area contributed by atoms with Crippen molar-refractivity contribution in [1.29, 1.82) is 0 Å². The Labute approximate surface area is 172 Å². The van der Waals surface area contributed by atoms with E-state index in [0.29, 0.717) is 0 Å². The number of aromatic nitrogens is 4. The molecular formula is C18H19F3N4O6. The van der Waals surface area contributed by atoms with Crippen LogP contribution in [0, 0.1) is 0 Å². The van der Waals surface area contributed by atoms with Crippen LogP contribution in [0.2, 0.25) is 0 Å². The lowest BCUT2D eigenvalue weighted by molar-refractivity contribution is -0.274. The van der Waals surface area contributed by atoms with Crippen LogP contribution in [0.15, 0.2) is 33.9 Å². The quantitative estimate of drug-likeness (QED) is 0.512. The summed E-state index contributed by atoms with van der Waals surface area (Å²) in [4.78, 5) is 29.0. The third-order valence-corrected chi connectivity index (χ3v) is 4.26. The maximum absolute atomic E-state index is 12.6. The van der Waals surface area contributed by atoms with Crippen molar-refractivity contribution in [3.8, 4) is 17.5 Å². The molecule has 3 rings (SSSR count). The number of aryl methyl sites for hydroxylation is 2. The Balaban J connectivity index is 1.71. The molecule has 0 fully saturated rings. The minimum atomic E-state index is -4.81. The number of aliphatic hydroxyl groups excluding tert-OH is 1. The molecule has 0 atom stereocenters. The fourth-order valence-corrected chi connectivity index (χ4v) is 2.90. The molecule has 31 heavy (non-hydrogen) atoms. The zero-order chi connectivity index (χ0) is 22.8. The van der Waals surface area contributed by atoms with Gasteiger partial charge in [0, 0.05) is 20.2 Å². The lowest BCUT2D eigenvalue weighted by Gasteiger charge is -2.11. The Bertz CT molecular complexity index is 1200. The number of fused-ring (bicyclic) bond motifs is 1. The van der Waals surface area contributed by atoms with E-state index in [1.54, 1.807) is 0 Å². The van der Waals surface area contributed by atoms with Crippen LogP contribution in [0.4, 0.5) is 13.2 Å². The summed E-state index contributed by atoms with van der Waals surface area (Å²) >= 11 is 0. The molecule has 0 bridgehead atoms. The summed E-state index contributed by atoms with van der Waals surface area (Å²) in [7, 11) is 2.96. The molecule has 0 saturated carbocycles. The minimum Gasteiger partial charge on any atom is -0.490 e. The Kier molecular flexibility index (Phi) is 6.24. The van der Waals surface area contributed by atoms with E-state index in [4.69, 9.17) is 14.6 Å². The maximum Gasteiger partial charge on any atom is 0.573 e. The lowest BCUT2D eigenvalue weighted by atomic mass is 10.3. The zero-order valence-electron chi connectivity index (χ0n) is 16.5. The van der Waals surface area contributed by atoms with Crippen LogP contribution in [0.25, 0.3) is 11.2 Å². The fourth-order valence-electron chi connectivity index (χ4n) is 2.90. The average Bonchev–Trinajstić information content (AvgIpc) is 3.02. The van der Waals surface area contributed by atoms with Gasteiger partial charge in [0.1, 0.15) is 24.7 Å². The van der Waals surface area contributed by atoms with E-state index in [0.717, 1.165) is 16.7 Å². The summed E-state index contributed by atoms with van der Waals surface area (Å²) in [5.74, 6) is -0.272. The van der Waals surface area contributed by atoms with Gasteiger partial charge >= 0.3 is 12.1 Å². The second-order valence-corrected chi connectivity index (χ2v) is 6.37. The van der Waals surface area contributed by atoms with Crippen molar-refractivity contribution in [3.63, 3.8) is 0 Å². The molecule has 0 spiro atoms. The van der Waals surface area contributed by atoms with Crippen molar-refractivity contribution in [2.45, 2.75) is 12.9 Å². The van der Waals surface area contributed by atoms with Gasteiger partial charge in [-0.2, -0.15) is 4.98 Å². The molecule has 1 N–H and O–H groups in total. The largest absolute Gasteiger partial charge is 0.573 e. The van der Waals surface area contributed by atoms with E-state index in [2.05, 4.69) is 9.72 Å². The first-order valence-electron chi connectivity index (χ1n) is 9.01. The van der Waals surface area contributed by atoms with Crippen molar-refractivity contribution in [3.05, 3.63) is 45.1 Å². The Morgan fingerprint density at radius 3 is 2.42 bits per heavy atom. The van der Waals surface area contributed by atoms with E-state index >= 15 is 0 Å². The molecule has 0 saturated heterocycles. The number of halogens is 3. The van der Waals surface area contributed by atoms with Crippen LogP contribution in [0.3, 0.4) is 0 Å². The Hall–Kier alpha value is -3.48. The van der Waals surface area contributed by atoms with Gasteiger partial charge in [0.2, 0.25) is 0 Å². The molecule has 168 valence electrons. The first-order valence-corrected chi connectivity index (χ1v) is 9.01. The zero-order valence-corrected chi connectivity index (χ0v) is 16.5. The molecule has 0 aliphatic carbocycles. The monoisotopic (exact) mass is 444 g/mol. The third-order valence-electron chi connectivity index (χ3n) is 4.26. The molecule has 3 aromatic rings. The van der Waals surface area contributed by atoms with E-state index in [9.17, 15) is 22.8 Å². The number of hydrogen-bond acceptors (Lipinski definition) is 7. The summed E-state index contributed by atoms with van der Waals surface area (Å²) in [6.07, 6.45) is -4.81. The number of nitrogens with zero attached hydrogens (tertiary/aromatic N) is 4. The number of aliphatic hydroxyl groups is 1. The summed E-state index contributed by atoms with van der Waals surface area (Å²) in [5.41, 5.74) is -1.02. The molecule has 10 nitrogen and oxygen atoms in total. The van der Waals surface area contributed by atoms with Gasteiger partial charge in [0.15, 0.2) is 11.2 Å². The predicted octanol–water partition coefficient (Wildman–Crippen LogP) is 0.782. The number of hydrogen-bond donors (Lipinski definition) is 1. The molecule has 0 unspecified atom stereocenters. The van der Waals surface area contributed by atoms with Gasteiger partial charge in [-0.3, -0.25) is 18.5 Å². The molecule has 0 aliphatic heterocycles. The number of benzene rings is 1. The number of alkyl halides is 3. The van der Waals surface area contributed by atoms with E-state index in [1.165, 1.54) is 35.4 Å². The second-order valence-electron chi connectivity index (χ2n) is 6.37.